The number of nitrogens with one attached hydrogen (secondary N) is 1. The Morgan fingerprint density at radius 3 is 1.82 bits per heavy atom. The molecule has 0 aromatic carbocycles. The van der Waals surface area contributed by atoms with Crippen LogP contribution in [0.3, 0.4) is 0 Å². The molecule has 0 aliphatic heterocycles. The van der Waals surface area contributed by atoms with E-state index in [0.717, 1.165) is 0 Å². The van der Waals surface area contributed by atoms with Crippen molar-refractivity contribution < 1.29 is 83.4 Å². The summed E-state index contributed by atoms with van der Waals surface area (Å²) >= 11 is 3.81. The quantitative estimate of drug-likeness (QED) is 0.583. The van der Waals surface area contributed by atoms with Gasteiger partial charge in [-0.05, 0) is 5.75 Å². The van der Waals surface area contributed by atoms with Gasteiger partial charge in [-0.15, -0.1) is 0 Å². The van der Waals surface area contributed by atoms with Crippen LogP contribution in [0.5, 0.6) is 0 Å². The smallest absolute Gasteiger partial charge is 0.668 e. The number of hydrogen-bond donors (Lipinski definition) is 1. The molecular weight excluding hydrogens is 406 g/mol. The predicted molar refractivity (Wildman–Crippen MR) is 43.7 cm³/mol. The monoisotopic (exact) mass is 420 g/mol. The minimum atomic E-state index is -0.532. The molecular formula is C6H14NORbReS. The molecule has 1 amide bonds. The van der Waals surface area contributed by atoms with Crippen LogP contribution >= 0.6 is 12.6 Å². The van der Waals surface area contributed by atoms with Crippen LogP contribution in [0.15, 0.2) is 0 Å². The summed E-state index contributed by atoms with van der Waals surface area (Å²) in [5, 5.41) is 0. The average Bonchev–Trinajstić information content (AvgIpc) is 1.91. The zero-order chi connectivity index (χ0) is 7.86. The topological polar surface area (TPSA) is 40.9 Å². The van der Waals surface area contributed by atoms with E-state index < -0.39 is 5.91 Å². The van der Waals surface area contributed by atoms with Gasteiger partial charge in [0.25, 0.3) is 0 Å². The second-order valence-corrected chi connectivity index (χ2v) is 1.81. The van der Waals surface area contributed by atoms with E-state index in [1.807, 2.05) is 13.8 Å². The first kappa shape index (κ1) is 23.3. The molecule has 5 heteroatoms. The summed E-state index contributed by atoms with van der Waals surface area (Å²) in [7, 11) is 0. The number of thiol groups is 1. The second kappa shape index (κ2) is 18.1. The van der Waals surface area contributed by atoms with Crippen LogP contribution in [-0.2, 0) is 25.2 Å². The first-order valence-corrected chi connectivity index (χ1v) is 3.68. The Bertz CT molecular complexity index is 85.0. The molecule has 11 heavy (non-hydrogen) atoms. The van der Waals surface area contributed by atoms with Crippen molar-refractivity contribution in [2.45, 2.75) is 20.8 Å². The summed E-state index contributed by atoms with van der Waals surface area (Å²) in [5.74, 6) is -0.263. The van der Waals surface area contributed by atoms with Crippen molar-refractivity contribution in [1.82, 2.24) is 0 Å². The van der Waals surface area contributed by atoms with Crippen LogP contribution in [0.4, 0.5) is 0 Å². The third-order valence-corrected chi connectivity index (χ3v) is 1.27. The van der Waals surface area contributed by atoms with Gasteiger partial charge in [-0.3, -0.25) is 0 Å². The first-order valence-electron chi connectivity index (χ1n) is 3.04. The molecule has 0 bridgehead atoms. The SMILES string of the molecule is CC.CC(CS)C([NH-])=O.[Rb+].[Re]. The zero-order valence-corrected chi connectivity index (χ0v) is 16.0. The summed E-state index contributed by atoms with van der Waals surface area (Å²) in [6.45, 7) is 5.68. The molecule has 0 rings (SSSR count). The van der Waals surface area contributed by atoms with E-state index in [9.17, 15) is 4.79 Å². The van der Waals surface area contributed by atoms with Gasteiger partial charge in [0.1, 0.15) is 0 Å². The Hall–Kier alpha value is 2.29. The molecule has 0 heterocycles. The molecule has 0 aromatic heterocycles. The van der Waals surface area contributed by atoms with E-state index in [1.54, 1.807) is 6.92 Å². The molecule has 1 atom stereocenters. The van der Waals surface area contributed by atoms with E-state index in [-0.39, 0.29) is 84.5 Å². The van der Waals surface area contributed by atoms with Gasteiger partial charge in [0.15, 0.2) is 0 Å². The van der Waals surface area contributed by atoms with Crippen molar-refractivity contribution in [2.75, 3.05) is 5.75 Å². The molecule has 63 valence electrons. The molecule has 1 N–H and O–H groups in total. The van der Waals surface area contributed by atoms with E-state index >= 15 is 0 Å². The van der Waals surface area contributed by atoms with E-state index in [0.29, 0.717) is 5.75 Å². The fourth-order valence-corrected chi connectivity index (χ4v) is 0.249. The van der Waals surface area contributed by atoms with Crippen molar-refractivity contribution in [3.8, 4) is 0 Å². The number of rotatable bonds is 2. The summed E-state index contributed by atoms with van der Waals surface area (Å²) in [6, 6.07) is 0. The first-order chi connectivity index (χ1) is 4.18. The minimum absolute atomic E-state index is 0. The van der Waals surface area contributed by atoms with E-state index in [4.69, 9.17) is 5.73 Å². The maximum absolute atomic E-state index is 9.99. The van der Waals surface area contributed by atoms with Gasteiger partial charge < -0.3 is 10.5 Å². The molecule has 0 saturated carbocycles. The van der Waals surface area contributed by atoms with Gasteiger partial charge >= 0.3 is 58.2 Å². The zero-order valence-electron chi connectivity index (χ0n) is 7.52. The predicted octanol–water partition coefficient (Wildman–Crippen LogP) is -0.841. The third kappa shape index (κ3) is 18.9. The maximum Gasteiger partial charge on any atom is 1.00 e. The Morgan fingerprint density at radius 1 is 1.55 bits per heavy atom. The van der Waals surface area contributed by atoms with Crippen molar-refractivity contribution in [3.63, 3.8) is 0 Å². The van der Waals surface area contributed by atoms with Gasteiger partial charge in [0.05, 0.1) is 5.91 Å². The average molecular weight is 420 g/mol. The molecule has 0 aliphatic carbocycles. The van der Waals surface area contributed by atoms with Crippen LogP contribution in [0.2, 0.25) is 0 Å². The summed E-state index contributed by atoms with van der Waals surface area (Å²) in [4.78, 5) is 9.99. The standard InChI is InChI=1S/C4H9NOS.C2H6.Rb.Re/c1-3(2-7)4(5)6;1-2;;/h3H,2H2,1H3,(H3,5,6,7);1-2H3;;/q;;+1;/p-1. The van der Waals surface area contributed by atoms with Crippen molar-refractivity contribution in [2.24, 2.45) is 5.92 Å². The van der Waals surface area contributed by atoms with Crippen molar-refractivity contribution in [1.29, 1.82) is 0 Å². The van der Waals surface area contributed by atoms with Gasteiger partial charge in [0.2, 0.25) is 0 Å². The van der Waals surface area contributed by atoms with Crippen LogP contribution in [0, 0.1) is 5.92 Å². The molecule has 0 fully saturated rings. The maximum atomic E-state index is 9.99. The van der Waals surface area contributed by atoms with Gasteiger partial charge in [-0.2, -0.15) is 12.6 Å². The summed E-state index contributed by atoms with van der Waals surface area (Å²) in [5.41, 5.74) is 6.50. The Morgan fingerprint density at radius 2 is 1.82 bits per heavy atom. The van der Waals surface area contributed by atoms with Gasteiger partial charge in [0, 0.05) is 26.3 Å². The fraction of sp³-hybridized carbons (Fsp3) is 0.833. The van der Waals surface area contributed by atoms with Crippen LogP contribution in [0.25, 0.3) is 5.73 Å². The second-order valence-electron chi connectivity index (χ2n) is 1.45. The normalized spacial score (nSPS) is 9.09. The molecule has 0 spiro atoms. The van der Waals surface area contributed by atoms with Crippen molar-refractivity contribution in [3.05, 3.63) is 5.73 Å². The van der Waals surface area contributed by atoms with Crippen LogP contribution in [0.1, 0.15) is 20.8 Å². The molecule has 1 unspecified atom stereocenters. The number of hydrogen-bond acceptors (Lipinski definition) is 2. The Kier molecular flexibility index (Phi) is 38.4. The van der Waals surface area contributed by atoms with Crippen LogP contribution in [-0.4, -0.2) is 11.7 Å². The van der Waals surface area contributed by atoms with Gasteiger partial charge in [-0.25, -0.2) is 0 Å². The van der Waals surface area contributed by atoms with Crippen molar-refractivity contribution >= 4 is 18.5 Å². The third-order valence-electron chi connectivity index (χ3n) is 0.721. The summed E-state index contributed by atoms with van der Waals surface area (Å²) < 4.78 is 0. The molecule has 0 aromatic rings. The molecule has 1 radical (unpaired) electrons. The summed E-state index contributed by atoms with van der Waals surface area (Å²) in [6.07, 6.45) is 0. The molecule has 0 aliphatic rings. The molecule has 0 saturated heterocycles. The number of amides is 1. The Balaban J connectivity index is -0.0000000564. The van der Waals surface area contributed by atoms with E-state index in [2.05, 4.69) is 12.6 Å². The Labute approximate surface area is 137 Å². The largest absolute Gasteiger partial charge is 1.00 e. The van der Waals surface area contributed by atoms with E-state index in [1.165, 1.54) is 0 Å². The number of carbonyl (C=O) groups is 1. The van der Waals surface area contributed by atoms with Gasteiger partial charge in [-0.1, -0.05) is 20.8 Å². The molecule has 2 nitrogen and oxygen atoms in total. The minimum Gasteiger partial charge on any atom is -0.668 e. The number of carbonyl (C=O) groups excluding carboxylic acids is 1. The van der Waals surface area contributed by atoms with Crippen LogP contribution < -0.4 is 58.2 Å². The fourth-order valence-electron chi connectivity index (χ4n) is 0.0829.